The van der Waals surface area contributed by atoms with Crippen LogP contribution in [0.5, 0.6) is 5.75 Å². The first-order valence-corrected chi connectivity index (χ1v) is 8.47. The lowest BCUT2D eigenvalue weighted by atomic mass is 10.2. The van der Waals surface area contributed by atoms with Crippen molar-refractivity contribution in [2.24, 2.45) is 0 Å². The van der Waals surface area contributed by atoms with Gasteiger partial charge in [0.25, 0.3) is 11.8 Å². The van der Waals surface area contributed by atoms with E-state index in [-0.39, 0.29) is 36.5 Å². The largest absolute Gasteiger partial charge is 0.484 e. The first-order valence-electron chi connectivity index (χ1n) is 7.34. The minimum atomic E-state index is -0.340. The monoisotopic (exact) mass is 400 g/mol. The van der Waals surface area contributed by atoms with Gasteiger partial charge in [0.2, 0.25) is 0 Å². The van der Waals surface area contributed by atoms with Crippen LogP contribution < -0.4 is 15.4 Å². The van der Waals surface area contributed by atoms with E-state index in [0.29, 0.717) is 21.4 Å². The van der Waals surface area contributed by atoms with Crippen molar-refractivity contribution >= 4 is 46.6 Å². The highest BCUT2D eigenvalue weighted by Gasteiger charge is 2.10. The predicted molar refractivity (Wildman–Crippen MR) is 98.8 cm³/mol. The van der Waals surface area contributed by atoms with Crippen molar-refractivity contribution in [3.63, 3.8) is 0 Å². The Morgan fingerprint density at radius 1 is 0.880 bits per heavy atom. The molecule has 25 heavy (non-hydrogen) atoms. The summed E-state index contributed by atoms with van der Waals surface area (Å²) in [6.45, 7) is 0.392. The zero-order valence-electron chi connectivity index (χ0n) is 13.0. The van der Waals surface area contributed by atoms with E-state index >= 15 is 0 Å². The number of benzene rings is 2. The molecular weight excluding hydrogens is 387 g/mol. The molecule has 0 aliphatic carbocycles. The van der Waals surface area contributed by atoms with Crippen LogP contribution in [-0.4, -0.2) is 31.5 Å². The van der Waals surface area contributed by atoms with Gasteiger partial charge in [-0.2, -0.15) is 0 Å². The summed E-state index contributed by atoms with van der Waals surface area (Å²) in [5, 5.41) is 6.61. The zero-order chi connectivity index (χ0) is 18.2. The van der Waals surface area contributed by atoms with Crippen LogP contribution in [0.4, 0.5) is 0 Å². The van der Waals surface area contributed by atoms with Crippen molar-refractivity contribution < 1.29 is 14.3 Å². The third-order valence-electron chi connectivity index (χ3n) is 3.09. The summed E-state index contributed by atoms with van der Waals surface area (Å²) in [6.07, 6.45) is 0. The molecule has 2 aromatic carbocycles. The van der Waals surface area contributed by atoms with Gasteiger partial charge in [-0.25, -0.2) is 0 Å². The van der Waals surface area contributed by atoms with E-state index in [1.54, 1.807) is 36.4 Å². The number of hydrogen-bond acceptors (Lipinski definition) is 3. The average molecular weight is 402 g/mol. The Morgan fingerprint density at radius 2 is 1.52 bits per heavy atom. The molecule has 132 valence electrons. The van der Waals surface area contributed by atoms with Crippen molar-refractivity contribution in [3.8, 4) is 5.75 Å². The van der Waals surface area contributed by atoms with E-state index in [1.807, 2.05) is 0 Å². The Hall–Kier alpha value is -1.95. The summed E-state index contributed by atoms with van der Waals surface area (Å²) in [7, 11) is 0. The molecule has 2 amide bonds. The highest BCUT2D eigenvalue weighted by atomic mass is 35.5. The van der Waals surface area contributed by atoms with E-state index in [9.17, 15) is 9.59 Å². The third kappa shape index (κ3) is 6.46. The van der Waals surface area contributed by atoms with Gasteiger partial charge >= 0.3 is 0 Å². The molecule has 8 heteroatoms. The normalized spacial score (nSPS) is 10.2. The molecule has 0 unspecified atom stereocenters. The van der Waals surface area contributed by atoms with Crippen LogP contribution in [0.2, 0.25) is 15.1 Å². The summed E-state index contributed by atoms with van der Waals surface area (Å²) >= 11 is 17.5. The number of halogens is 3. The quantitative estimate of drug-likeness (QED) is 0.697. The Balaban J connectivity index is 1.67. The molecule has 0 aliphatic heterocycles. The van der Waals surface area contributed by atoms with Gasteiger partial charge in [0.1, 0.15) is 5.75 Å². The Bertz CT molecular complexity index is 751. The molecule has 2 rings (SSSR count). The van der Waals surface area contributed by atoms with Crippen LogP contribution in [-0.2, 0) is 4.79 Å². The number of ether oxygens (including phenoxy) is 1. The standard InChI is InChI=1S/C17H15Cl3N2O3/c18-11-1-4-13(5-2-11)25-10-16(23)21-7-8-22-17(24)14-6-3-12(19)9-15(14)20/h1-6,9H,7-8,10H2,(H,21,23)(H,22,24). The molecule has 0 saturated carbocycles. The molecule has 0 radical (unpaired) electrons. The molecule has 0 heterocycles. The van der Waals surface area contributed by atoms with Gasteiger partial charge in [-0.3, -0.25) is 9.59 Å². The topological polar surface area (TPSA) is 67.4 Å². The van der Waals surface area contributed by atoms with Crippen molar-refractivity contribution in [2.75, 3.05) is 19.7 Å². The van der Waals surface area contributed by atoms with Crippen LogP contribution in [0.1, 0.15) is 10.4 Å². The summed E-state index contributed by atoms with van der Waals surface area (Å²) in [5.41, 5.74) is 0.323. The Labute approximate surface area is 160 Å². The van der Waals surface area contributed by atoms with Gasteiger partial charge < -0.3 is 15.4 Å². The fourth-order valence-electron chi connectivity index (χ4n) is 1.88. The van der Waals surface area contributed by atoms with Gasteiger partial charge in [-0.05, 0) is 42.5 Å². The molecule has 2 N–H and O–H groups in total. The molecule has 0 saturated heterocycles. The maximum absolute atomic E-state index is 12.0. The molecule has 0 aliphatic rings. The maximum atomic E-state index is 12.0. The van der Waals surface area contributed by atoms with Gasteiger partial charge in [0.15, 0.2) is 6.61 Å². The highest BCUT2D eigenvalue weighted by Crippen LogP contribution is 2.20. The van der Waals surface area contributed by atoms with Crippen LogP contribution in [0, 0.1) is 0 Å². The summed E-state index contributed by atoms with van der Waals surface area (Å²) < 4.78 is 5.31. The van der Waals surface area contributed by atoms with Crippen molar-refractivity contribution in [3.05, 3.63) is 63.1 Å². The number of nitrogens with one attached hydrogen (secondary N) is 2. The van der Waals surface area contributed by atoms with Crippen molar-refractivity contribution in [2.45, 2.75) is 0 Å². The van der Waals surface area contributed by atoms with Crippen LogP contribution in [0.15, 0.2) is 42.5 Å². The van der Waals surface area contributed by atoms with Gasteiger partial charge in [-0.1, -0.05) is 34.8 Å². The van der Waals surface area contributed by atoms with E-state index in [2.05, 4.69) is 10.6 Å². The highest BCUT2D eigenvalue weighted by molar-refractivity contribution is 6.36. The first-order chi connectivity index (χ1) is 12.0. The second-order valence-corrected chi connectivity index (χ2v) is 6.25. The Morgan fingerprint density at radius 3 is 2.20 bits per heavy atom. The molecule has 0 bridgehead atoms. The SMILES string of the molecule is O=C(COc1ccc(Cl)cc1)NCCNC(=O)c1ccc(Cl)cc1Cl. The average Bonchev–Trinajstić information content (AvgIpc) is 2.58. The maximum Gasteiger partial charge on any atom is 0.258 e. The summed E-state index contributed by atoms with van der Waals surface area (Å²) in [6, 6.07) is 11.3. The smallest absolute Gasteiger partial charge is 0.258 e. The van der Waals surface area contributed by atoms with E-state index < -0.39 is 0 Å². The number of hydrogen-bond donors (Lipinski definition) is 2. The molecule has 0 atom stereocenters. The summed E-state index contributed by atoms with van der Waals surface area (Å²) in [5.74, 6) is -0.0905. The molecule has 0 fully saturated rings. The fourth-order valence-corrected chi connectivity index (χ4v) is 2.50. The van der Waals surface area contributed by atoms with Crippen LogP contribution in [0.3, 0.4) is 0 Å². The second kappa shape index (κ2) is 9.51. The van der Waals surface area contributed by atoms with Crippen LogP contribution >= 0.6 is 34.8 Å². The number of carbonyl (C=O) groups is 2. The fraction of sp³-hybridized carbons (Fsp3) is 0.176. The van der Waals surface area contributed by atoms with E-state index in [0.717, 1.165) is 0 Å². The van der Waals surface area contributed by atoms with E-state index in [4.69, 9.17) is 39.5 Å². The molecule has 0 aromatic heterocycles. The molecule has 5 nitrogen and oxygen atoms in total. The molecular formula is C17H15Cl3N2O3. The minimum absolute atomic E-state index is 0.126. The molecule has 0 spiro atoms. The second-order valence-electron chi connectivity index (χ2n) is 4.97. The predicted octanol–water partition coefficient (Wildman–Crippen LogP) is 3.57. The summed E-state index contributed by atoms with van der Waals surface area (Å²) in [4.78, 5) is 23.7. The van der Waals surface area contributed by atoms with Crippen molar-refractivity contribution in [1.82, 2.24) is 10.6 Å². The molecule has 2 aromatic rings. The van der Waals surface area contributed by atoms with Crippen molar-refractivity contribution in [1.29, 1.82) is 0 Å². The zero-order valence-corrected chi connectivity index (χ0v) is 15.3. The number of amides is 2. The van der Waals surface area contributed by atoms with E-state index in [1.165, 1.54) is 6.07 Å². The van der Waals surface area contributed by atoms with Gasteiger partial charge in [0, 0.05) is 23.1 Å². The van der Waals surface area contributed by atoms with Gasteiger partial charge in [-0.15, -0.1) is 0 Å². The Kier molecular flexibility index (Phi) is 7.37. The lowest BCUT2D eigenvalue weighted by molar-refractivity contribution is -0.123. The van der Waals surface area contributed by atoms with Gasteiger partial charge in [0.05, 0.1) is 10.6 Å². The third-order valence-corrected chi connectivity index (χ3v) is 3.89. The lowest BCUT2D eigenvalue weighted by Crippen LogP contribution is -2.36. The first kappa shape index (κ1) is 19.4. The minimum Gasteiger partial charge on any atom is -0.484 e. The number of carbonyl (C=O) groups excluding carboxylic acids is 2. The van der Waals surface area contributed by atoms with Crippen LogP contribution in [0.25, 0.3) is 0 Å². The number of rotatable bonds is 7. The lowest BCUT2D eigenvalue weighted by Gasteiger charge is -2.09.